The molecule has 0 saturated heterocycles. The highest BCUT2D eigenvalue weighted by Gasteiger charge is 2.15. The van der Waals surface area contributed by atoms with Gasteiger partial charge in [-0.05, 0) is 58.7 Å². The first-order chi connectivity index (χ1) is 12.5. The minimum atomic E-state index is -0.376. The maximum atomic E-state index is 13.1. The Hall–Kier alpha value is -2.28. The summed E-state index contributed by atoms with van der Waals surface area (Å²) in [5.41, 5.74) is 0.917. The van der Waals surface area contributed by atoms with Gasteiger partial charge in [0.1, 0.15) is 11.6 Å². The monoisotopic (exact) mass is 425 g/mol. The van der Waals surface area contributed by atoms with E-state index in [2.05, 4.69) is 15.9 Å². The molecule has 2 aromatic rings. The van der Waals surface area contributed by atoms with Crippen LogP contribution < -0.4 is 14.2 Å². The molecule has 0 aliphatic heterocycles. The zero-order valence-corrected chi connectivity index (χ0v) is 16.5. The minimum absolute atomic E-state index is 0.134. The number of nitrogens with zero attached hydrogens (tertiary/aromatic N) is 1. The lowest BCUT2D eigenvalue weighted by Crippen LogP contribution is -2.34. The largest absolute Gasteiger partial charge is 0.493 e. The van der Waals surface area contributed by atoms with Crippen molar-refractivity contribution >= 4 is 21.8 Å². The van der Waals surface area contributed by atoms with Gasteiger partial charge in [0.15, 0.2) is 18.1 Å². The van der Waals surface area contributed by atoms with E-state index >= 15 is 0 Å². The van der Waals surface area contributed by atoms with Crippen LogP contribution in [-0.2, 0) is 11.3 Å². The van der Waals surface area contributed by atoms with Crippen LogP contribution in [0.1, 0.15) is 12.5 Å². The molecule has 7 heteroatoms. The van der Waals surface area contributed by atoms with Crippen molar-refractivity contribution in [1.29, 1.82) is 0 Å². The molecule has 0 spiro atoms. The third-order valence-corrected chi connectivity index (χ3v) is 4.42. The predicted octanol–water partition coefficient (Wildman–Crippen LogP) is 4.03. The number of halogens is 2. The molecule has 0 bridgehead atoms. The highest BCUT2D eigenvalue weighted by Crippen LogP contribution is 2.28. The molecule has 2 rings (SSSR count). The summed E-state index contributed by atoms with van der Waals surface area (Å²) < 4.78 is 29.6. The van der Waals surface area contributed by atoms with E-state index in [1.54, 1.807) is 25.2 Å². The lowest BCUT2D eigenvalue weighted by Gasteiger charge is -2.22. The van der Waals surface area contributed by atoms with Gasteiger partial charge in [0.2, 0.25) is 0 Å². The van der Waals surface area contributed by atoms with E-state index in [4.69, 9.17) is 14.2 Å². The Morgan fingerprint density at radius 1 is 1.08 bits per heavy atom. The average Bonchev–Trinajstić information content (AvgIpc) is 2.64. The number of benzene rings is 2. The number of amides is 1. The average molecular weight is 426 g/mol. The van der Waals surface area contributed by atoms with Crippen molar-refractivity contribution < 1.29 is 23.4 Å². The number of hydrogen-bond donors (Lipinski definition) is 0. The summed E-state index contributed by atoms with van der Waals surface area (Å²) in [6, 6.07) is 9.59. The minimum Gasteiger partial charge on any atom is -0.493 e. The Labute approximate surface area is 160 Å². The van der Waals surface area contributed by atoms with Crippen molar-refractivity contribution in [3.63, 3.8) is 0 Å². The standard InChI is InChI=1S/C19H21BrFNO4/c1-4-22(11-13-5-7-17(24-2)18(9-13)25-3)19(23)12-26-16-8-6-14(21)10-15(16)20/h5-10H,4,11-12H2,1-3H3. The molecule has 0 heterocycles. The van der Waals surface area contributed by atoms with Crippen LogP contribution in [0.2, 0.25) is 0 Å². The molecule has 0 radical (unpaired) electrons. The van der Waals surface area contributed by atoms with Gasteiger partial charge in [-0.1, -0.05) is 6.07 Å². The number of carbonyl (C=O) groups is 1. The summed E-state index contributed by atoms with van der Waals surface area (Å²) >= 11 is 3.22. The second kappa shape index (κ2) is 9.43. The molecule has 140 valence electrons. The van der Waals surface area contributed by atoms with E-state index in [-0.39, 0.29) is 18.3 Å². The molecular formula is C19H21BrFNO4. The van der Waals surface area contributed by atoms with Crippen molar-refractivity contribution in [2.45, 2.75) is 13.5 Å². The van der Waals surface area contributed by atoms with Crippen molar-refractivity contribution in [2.24, 2.45) is 0 Å². The molecular weight excluding hydrogens is 405 g/mol. The summed E-state index contributed by atoms with van der Waals surface area (Å²) in [6.45, 7) is 2.71. The summed E-state index contributed by atoms with van der Waals surface area (Å²) in [5.74, 6) is 1.12. The summed E-state index contributed by atoms with van der Waals surface area (Å²) in [6.07, 6.45) is 0. The smallest absolute Gasteiger partial charge is 0.260 e. The molecule has 0 atom stereocenters. The first-order valence-electron chi connectivity index (χ1n) is 8.05. The molecule has 5 nitrogen and oxygen atoms in total. The van der Waals surface area contributed by atoms with Crippen LogP contribution >= 0.6 is 15.9 Å². The summed E-state index contributed by atoms with van der Waals surface area (Å²) in [4.78, 5) is 14.1. The summed E-state index contributed by atoms with van der Waals surface area (Å²) in [7, 11) is 3.14. The van der Waals surface area contributed by atoms with Crippen LogP contribution in [0.25, 0.3) is 0 Å². The lowest BCUT2D eigenvalue weighted by atomic mass is 10.2. The molecule has 0 saturated carbocycles. The quantitative estimate of drug-likeness (QED) is 0.640. The fourth-order valence-corrected chi connectivity index (χ4v) is 2.86. The molecule has 2 aromatic carbocycles. The molecule has 0 fully saturated rings. The first-order valence-corrected chi connectivity index (χ1v) is 8.84. The van der Waals surface area contributed by atoms with Crippen molar-refractivity contribution in [2.75, 3.05) is 27.4 Å². The van der Waals surface area contributed by atoms with Gasteiger partial charge >= 0.3 is 0 Å². The van der Waals surface area contributed by atoms with E-state index < -0.39 is 0 Å². The number of methoxy groups -OCH3 is 2. The molecule has 0 aromatic heterocycles. The van der Waals surface area contributed by atoms with Gasteiger partial charge < -0.3 is 19.1 Å². The fraction of sp³-hybridized carbons (Fsp3) is 0.316. The van der Waals surface area contributed by atoms with Crippen molar-refractivity contribution in [3.05, 3.63) is 52.3 Å². The highest BCUT2D eigenvalue weighted by molar-refractivity contribution is 9.10. The predicted molar refractivity (Wildman–Crippen MR) is 100 cm³/mol. The van der Waals surface area contributed by atoms with Gasteiger partial charge in [-0.15, -0.1) is 0 Å². The molecule has 1 amide bonds. The summed E-state index contributed by atoms with van der Waals surface area (Å²) in [5, 5.41) is 0. The number of hydrogen-bond acceptors (Lipinski definition) is 4. The number of likely N-dealkylation sites (N-methyl/N-ethyl adjacent to an activating group) is 1. The van der Waals surface area contributed by atoms with Gasteiger partial charge in [-0.25, -0.2) is 4.39 Å². The van der Waals surface area contributed by atoms with Gasteiger partial charge in [0, 0.05) is 13.1 Å². The van der Waals surface area contributed by atoms with Crippen molar-refractivity contribution in [1.82, 2.24) is 4.90 Å². The molecule has 0 aliphatic carbocycles. The second-order valence-corrected chi connectivity index (χ2v) is 6.32. The first kappa shape index (κ1) is 20.0. The topological polar surface area (TPSA) is 48.0 Å². The number of rotatable bonds is 8. The third kappa shape index (κ3) is 5.11. The van der Waals surface area contributed by atoms with Crippen LogP contribution in [0.4, 0.5) is 4.39 Å². The van der Waals surface area contributed by atoms with Crippen LogP contribution in [0.5, 0.6) is 17.2 Å². The highest BCUT2D eigenvalue weighted by atomic mass is 79.9. The fourth-order valence-electron chi connectivity index (χ4n) is 2.40. The Balaban J connectivity index is 2.02. The van der Waals surface area contributed by atoms with Gasteiger partial charge in [-0.3, -0.25) is 4.79 Å². The zero-order chi connectivity index (χ0) is 19.1. The zero-order valence-electron chi connectivity index (χ0n) is 14.9. The molecule has 0 unspecified atom stereocenters. The molecule has 26 heavy (non-hydrogen) atoms. The van der Waals surface area contributed by atoms with Crippen LogP contribution in [0, 0.1) is 5.82 Å². The van der Waals surface area contributed by atoms with Gasteiger partial charge in [-0.2, -0.15) is 0 Å². The van der Waals surface area contributed by atoms with E-state index in [1.165, 1.54) is 18.2 Å². The third-order valence-electron chi connectivity index (χ3n) is 3.80. The van der Waals surface area contributed by atoms with Crippen LogP contribution in [-0.4, -0.2) is 38.2 Å². The SMILES string of the molecule is CCN(Cc1ccc(OC)c(OC)c1)C(=O)COc1ccc(F)cc1Br. The van der Waals surface area contributed by atoms with Crippen LogP contribution in [0.15, 0.2) is 40.9 Å². The van der Waals surface area contributed by atoms with Gasteiger partial charge in [0.25, 0.3) is 5.91 Å². The Bertz CT molecular complexity index is 769. The normalized spacial score (nSPS) is 10.3. The van der Waals surface area contributed by atoms with E-state index in [9.17, 15) is 9.18 Å². The molecule has 0 aliphatic rings. The van der Waals surface area contributed by atoms with Gasteiger partial charge in [0.05, 0.1) is 18.7 Å². The van der Waals surface area contributed by atoms with Crippen molar-refractivity contribution in [3.8, 4) is 17.2 Å². The second-order valence-electron chi connectivity index (χ2n) is 5.46. The Morgan fingerprint density at radius 2 is 1.77 bits per heavy atom. The van der Waals surface area contributed by atoms with E-state index in [0.29, 0.717) is 34.8 Å². The van der Waals surface area contributed by atoms with E-state index in [0.717, 1.165) is 5.56 Å². The Kier molecular flexibility index (Phi) is 7.26. The lowest BCUT2D eigenvalue weighted by molar-refractivity contribution is -0.133. The number of carbonyl (C=O) groups excluding carboxylic acids is 1. The van der Waals surface area contributed by atoms with E-state index in [1.807, 2.05) is 19.1 Å². The Morgan fingerprint density at radius 3 is 2.38 bits per heavy atom. The van der Waals surface area contributed by atoms with Crippen LogP contribution in [0.3, 0.4) is 0 Å². The molecule has 0 N–H and O–H groups in total. The maximum absolute atomic E-state index is 13.1. The maximum Gasteiger partial charge on any atom is 0.260 e. The number of ether oxygens (including phenoxy) is 3.